The summed E-state index contributed by atoms with van der Waals surface area (Å²) in [6.45, 7) is 4.96. The molecule has 0 aliphatic carbocycles. The van der Waals surface area contributed by atoms with Crippen LogP contribution in [0.15, 0.2) is 18.7 Å². The standard InChI is InChI=1S/C13H18N6O/c1-3-5-15-12-10(4-2)13(17-8-16-12)19-7-9(6-18-19)11(14)20/h6-8H,3-5H2,1-2H3,(H2,14,20)(H,15,16,17). The van der Waals surface area contributed by atoms with Gasteiger partial charge in [0.15, 0.2) is 5.82 Å². The molecule has 0 unspecified atom stereocenters. The predicted molar refractivity (Wildman–Crippen MR) is 75.8 cm³/mol. The summed E-state index contributed by atoms with van der Waals surface area (Å²) in [5, 5.41) is 7.41. The Morgan fingerprint density at radius 1 is 1.40 bits per heavy atom. The number of amides is 1. The van der Waals surface area contributed by atoms with Crippen molar-refractivity contribution in [1.82, 2.24) is 19.7 Å². The lowest BCUT2D eigenvalue weighted by Crippen LogP contribution is -2.11. The van der Waals surface area contributed by atoms with E-state index in [0.29, 0.717) is 11.4 Å². The maximum Gasteiger partial charge on any atom is 0.251 e. The summed E-state index contributed by atoms with van der Waals surface area (Å²) in [6.07, 6.45) is 6.26. The Morgan fingerprint density at radius 3 is 2.80 bits per heavy atom. The van der Waals surface area contributed by atoms with Crippen LogP contribution in [-0.4, -0.2) is 32.2 Å². The highest BCUT2D eigenvalue weighted by Crippen LogP contribution is 2.19. The van der Waals surface area contributed by atoms with Crippen LogP contribution in [0.1, 0.15) is 36.2 Å². The Balaban J connectivity index is 2.41. The third-order valence-corrected chi connectivity index (χ3v) is 2.90. The summed E-state index contributed by atoms with van der Waals surface area (Å²) < 4.78 is 1.55. The predicted octanol–water partition coefficient (Wildman–Crippen LogP) is 1.15. The Labute approximate surface area is 117 Å². The number of primary amides is 1. The molecule has 0 aliphatic heterocycles. The van der Waals surface area contributed by atoms with Crippen molar-refractivity contribution in [2.75, 3.05) is 11.9 Å². The summed E-state index contributed by atoms with van der Waals surface area (Å²) in [7, 11) is 0. The third-order valence-electron chi connectivity index (χ3n) is 2.90. The fourth-order valence-corrected chi connectivity index (χ4v) is 1.89. The molecule has 2 rings (SSSR count). The van der Waals surface area contributed by atoms with Gasteiger partial charge in [0.25, 0.3) is 5.91 Å². The second-order valence-corrected chi connectivity index (χ2v) is 4.34. The Bertz CT molecular complexity index is 607. The number of anilines is 1. The van der Waals surface area contributed by atoms with Gasteiger partial charge >= 0.3 is 0 Å². The second-order valence-electron chi connectivity index (χ2n) is 4.34. The number of aromatic nitrogens is 4. The maximum absolute atomic E-state index is 11.1. The molecule has 2 heterocycles. The van der Waals surface area contributed by atoms with Gasteiger partial charge in [-0.15, -0.1) is 0 Å². The zero-order chi connectivity index (χ0) is 14.5. The highest BCUT2D eigenvalue weighted by Gasteiger charge is 2.13. The van der Waals surface area contributed by atoms with Gasteiger partial charge in [-0.2, -0.15) is 5.10 Å². The molecule has 0 aliphatic rings. The highest BCUT2D eigenvalue weighted by molar-refractivity contribution is 5.92. The average Bonchev–Trinajstić information content (AvgIpc) is 2.94. The topological polar surface area (TPSA) is 98.7 Å². The zero-order valence-corrected chi connectivity index (χ0v) is 11.6. The van der Waals surface area contributed by atoms with E-state index in [4.69, 9.17) is 5.73 Å². The van der Waals surface area contributed by atoms with Crippen LogP contribution in [0, 0.1) is 0 Å². The lowest BCUT2D eigenvalue weighted by Gasteiger charge is -2.12. The van der Waals surface area contributed by atoms with Gasteiger partial charge in [-0.3, -0.25) is 4.79 Å². The third kappa shape index (κ3) is 2.76. The first-order chi connectivity index (χ1) is 9.67. The molecule has 1 amide bonds. The maximum atomic E-state index is 11.1. The average molecular weight is 274 g/mol. The molecule has 0 saturated heterocycles. The van der Waals surface area contributed by atoms with Gasteiger partial charge in [0.2, 0.25) is 0 Å². The number of nitrogens with two attached hydrogens (primary N) is 1. The summed E-state index contributed by atoms with van der Waals surface area (Å²) in [6, 6.07) is 0. The van der Waals surface area contributed by atoms with E-state index >= 15 is 0 Å². The normalized spacial score (nSPS) is 10.5. The number of nitrogens with zero attached hydrogens (tertiary/aromatic N) is 4. The van der Waals surface area contributed by atoms with E-state index < -0.39 is 5.91 Å². The minimum Gasteiger partial charge on any atom is -0.370 e. The fourth-order valence-electron chi connectivity index (χ4n) is 1.89. The van der Waals surface area contributed by atoms with Crippen LogP contribution in [0.5, 0.6) is 0 Å². The minimum absolute atomic E-state index is 0.355. The monoisotopic (exact) mass is 274 g/mol. The number of nitrogens with one attached hydrogen (secondary N) is 1. The van der Waals surface area contributed by atoms with Crippen LogP contribution in [0.3, 0.4) is 0 Å². The Kier molecular flexibility index (Phi) is 4.29. The molecule has 0 radical (unpaired) electrons. The lowest BCUT2D eigenvalue weighted by atomic mass is 10.2. The van der Waals surface area contributed by atoms with Gasteiger partial charge in [-0.25, -0.2) is 14.6 Å². The number of carbonyl (C=O) groups excluding carboxylic acids is 1. The number of carbonyl (C=O) groups is 1. The van der Waals surface area contributed by atoms with Crippen molar-refractivity contribution in [1.29, 1.82) is 0 Å². The Morgan fingerprint density at radius 2 is 2.20 bits per heavy atom. The molecular formula is C13H18N6O. The van der Waals surface area contributed by atoms with E-state index in [1.54, 1.807) is 10.9 Å². The fraction of sp³-hybridized carbons (Fsp3) is 0.385. The first-order valence-electron chi connectivity index (χ1n) is 6.60. The number of rotatable bonds is 6. The zero-order valence-electron chi connectivity index (χ0n) is 11.6. The quantitative estimate of drug-likeness (QED) is 0.823. The van der Waals surface area contributed by atoms with E-state index in [1.807, 2.05) is 6.92 Å². The van der Waals surface area contributed by atoms with E-state index in [0.717, 1.165) is 30.8 Å². The van der Waals surface area contributed by atoms with Crippen molar-refractivity contribution >= 4 is 11.7 Å². The van der Waals surface area contributed by atoms with Gasteiger partial charge < -0.3 is 11.1 Å². The van der Waals surface area contributed by atoms with Crippen LogP contribution in [0.4, 0.5) is 5.82 Å². The van der Waals surface area contributed by atoms with Crippen LogP contribution >= 0.6 is 0 Å². The van der Waals surface area contributed by atoms with E-state index in [2.05, 4.69) is 27.3 Å². The molecule has 0 spiro atoms. The van der Waals surface area contributed by atoms with E-state index in [9.17, 15) is 4.79 Å². The van der Waals surface area contributed by atoms with Crippen molar-refractivity contribution in [2.45, 2.75) is 26.7 Å². The van der Waals surface area contributed by atoms with E-state index in [1.165, 1.54) is 12.5 Å². The lowest BCUT2D eigenvalue weighted by molar-refractivity contribution is 0.100. The highest BCUT2D eigenvalue weighted by atomic mass is 16.1. The van der Waals surface area contributed by atoms with Crippen molar-refractivity contribution in [3.05, 3.63) is 29.8 Å². The van der Waals surface area contributed by atoms with E-state index in [-0.39, 0.29) is 0 Å². The van der Waals surface area contributed by atoms with Gasteiger partial charge in [-0.05, 0) is 12.8 Å². The number of hydrogen-bond donors (Lipinski definition) is 2. The first kappa shape index (κ1) is 14.0. The van der Waals surface area contributed by atoms with Crippen molar-refractivity contribution in [3.63, 3.8) is 0 Å². The second kappa shape index (κ2) is 6.14. The molecule has 7 nitrogen and oxygen atoms in total. The molecule has 0 fully saturated rings. The van der Waals surface area contributed by atoms with Crippen LogP contribution in [0.2, 0.25) is 0 Å². The molecule has 3 N–H and O–H groups in total. The van der Waals surface area contributed by atoms with Crippen LogP contribution in [0.25, 0.3) is 5.82 Å². The molecule has 106 valence electrons. The van der Waals surface area contributed by atoms with Gasteiger partial charge in [0, 0.05) is 18.3 Å². The summed E-state index contributed by atoms with van der Waals surface area (Å²) in [5.74, 6) is 0.955. The van der Waals surface area contributed by atoms with Crippen LogP contribution in [-0.2, 0) is 6.42 Å². The molecule has 0 bridgehead atoms. The summed E-state index contributed by atoms with van der Waals surface area (Å²) >= 11 is 0. The molecule has 0 atom stereocenters. The molecule has 20 heavy (non-hydrogen) atoms. The SMILES string of the molecule is CCCNc1ncnc(-n2cc(C(N)=O)cn2)c1CC. The molecule has 2 aromatic rings. The summed E-state index contributed by atoms with van der Waals surface area (Å²) in [5.41, 5.74) is 6.55. The number of hydrogen-bond acceptors (Lipinski definition) is 5. The van der Waals surface area contributed by atoms with Crippen molar-refractivity contribution in [2.24, 2.45) is 5.73 Å². The van der Waals surface area contributed by atoms with Crippen molar-refractivity contribution < 1.29 is 4.79 Å². The Hall–Kier alpha value is -2.44. The summed E-state index contributed by atoms with van der Waals surface area (Å²) in [4.78, 5) is 19.7. The van der Waals surface area contributed by atoms with Gasteiger partial charge in [0.05, 0.1) is 11.8 Å². The molecule has 0 aromatic carbocycles. The smallest absolute Gasteiger partial charge is 0.251 e. The minimum atomic E-state index is -0.507. The largest absolute Gasteiger partial charge is 0.370 e. The molecule has 7 heteroatoms. The molecule has 2 aromatic heterocycles. The van der Waals surface area contributed by atoms with Gasteiger partial charge in [-0.1, -0.05) is 13.8 Å². The van der Waals surface area contributed by atoms with Gasteiger partial charge in [0.1, 0.15) is 12.1 Å². The first-order valence-corrected chi connectivity index (χ1v) is 6.60. The van der Waals surface area contributed by atoms with Crippen LogP contribution < -0.4 is 11.1 Å². The molecular weight excluding hydrogens is 256 g/mol. The van der Waals surface area contributed by atoms with Crippen molar-refractivity contribution in [3.8, 4) is 5.82 Å². The molecule has 0 saturated carbocycles.